The zero-order valence-electron chi connectivity index (χ0n) is 6.62. The Morgan fingerprint density at radius 3 is 3.15 bits per heavy atom. The van der Waals surface area contributed by atoms with Crippen LogP contribution in [0.3, 0.4) is 0 Å². The van der Waals surface area contributed by atoms with Crippen molar-refractivity contribution in [3.8, 4) is 0 Å². The molecule has 0 atom stereocenters. The van der Waals surface area contributed by atoms with E-state index in [-0.39, 0.29) is 0 Å². The molecule has 0 saturated carbocycles. The van der Waals surface area contributed by atoms with E-state index in [0.717, 1.165) is 22.0 Å². The molecule has 4 nitrogen and oxygen atoms in total. The van der Waals surface area contributed by atoms with Crippen molar-refractivity contribution >= 4 is 32.4 Å². The average molecular weight is 259 g/mol. The molecule has 2 rings (SSSR count). The summed E-state index contributed by atoms with van der Waals surface area (Å²) in [6.45, 7) is 0.722. The first-order valence-corrected chi connectivity index (χ1v) is 5.34. The number of halogens is 1. The van der Waals surface area contributed by atoms with Crippen molar-refractivity contribution in [2.75, 3.05) is 5.32 Å². The Morgan fingerprint density at radius 2 is 2.54 bits per heavy atom. The fraction of sp³-hybridized carbons (Fsp3) is 0.143. The van der Waals surface area contributed by atoms with Gasteiger partial charge in [0, 0.05) is 11.6 Å². The second-order valence-corrected chi connectivity index (χ2v) is 4.08. The zero-order valence-corrected chi connectivity index (χ0v) is 9.02. The number of rotatable bonds is 3. The van der Waals surface area contributed by atoms with Gasteiger partial charge in [-0.2, -0.15) is 0 Å². The van der Waals surface area contributed by atoms with Gasteiger partial charge in [-0.15, -0.1) is 11.3 Å². The minimum atomic E-state index is 0.722. The van der Waals surface area contributed by atoms with Crippen LogP contribution in [0.1, 0.15) is 5.69 Å². The third-order valence-electron chi connectivity index (χ3n) is 1.46. The molecule has 0 aliphatic heterocycles. The molecule has 0 unspecified atom stereocenters. The highest BCUT2D eigenvalue weighted by atomic mass is 79.9. The van der Waals surface area contributed by atoms with E-state index < -0.39 is 0 Å². The smallest absolute Gasteiger partial charge is 0.184 e. The highest BCUT2D eigenvalue weighted by molar-refractivity contribution is 9.10. The molecule has 0 saturated heterocycles. The van der Waals surface area contributed by atoms with Gasteiger partial charge in [0.2, 0.25) is 0 Å². The molecule has 0 spiro atoms. The van der Waals surface area contributed by atoms with Gasteiger partial charge in [-0.1, -0.05) is 0 Å². The standard InChI is InChI=1S/C7H7BrN4S/c8-6-3-13-7(12-6)10-2-5-1-9-4-11-5/h1,3-4H,2H2,(H,9,11)(H,10,12). The zero-order chi connectivity index (χ0) is 9.10. The summed E-state index contributed by atoms with van der Waals surface area (Å²) in [6.07, 6.45) is 3.45. The molecule has 2 aromatic rings. The van der Waals surface area contributed by atoms with Gasteiger partial charge in [0.15, 0.2) is 5.13 Å². The lowest BCUT2D eigenvalue weighted by atomic mass is 10.5. The Labute approximate surface area is 87.6 Å². The van der Waals surface area contributed by atoms with Gasteiger partial charge in [0.1, 0.15) is 4.60 Å². The largest absolute Gasteiger partial charge is 0.356 e. The van der Waals surface area contributed by atoms with Crippen LogP contribution in [0.25, 0.3) is 0 Å². The van der Waals surface area contributed by atoms with E-state index in [9.17, 15) is 0 Å². The maximum atomic E-state index is 4.20. The molecule has 0 aliphatic carbocycles. The van der Waals surface area contributed by atoms with Gasteiger partial charge in [-0.3, -0.25) is 0 Å². The number of H-pyrrole nitrogens is 1. The minimum absolute atomic E-state index is 0.722. The summed E-state index contributed by atoms with van der Waals surface area (Å²) in [5, 5.41) is 6.02. The highest BCUT2D eigenvalue weighted by Gasteiger charge is 1.98. The Bertz CT molecular complexity index is 370. The summed E-state index contributed by atoms with van der Waals surface area (Å²) < 4.78 is 0.865. The molecule has 0 bridgehead atoms. The molecular weight excluding hydrogens is 252 g/mol. The molecule has 6 heteroatoms. The first kappa shape index (κ1) is 8.71. The predicted octanol–water partition coefficient (Wildman–Crippen LogP) is 2.24. The van der Waals surface area contributed by atoms with Crippen LogP contribution in [-0.2, 0) is 6.54 Å². The number of imidazole rings is 1. The first-order chi connectivity index (χ1) is 6.34. The molecule has 0 amide bonds. The maximum absolute atomic E-state index is 4.20. The molecule has 2 N–H and O–H groups in total. The third kappa shape index (κ3) is 2.28. The van der Waals surface area contributed by atoms with Crippen molar-refractivity contribution in [2.24, 2.45) is 0 Å². The summed E-state index contributed by atoms with van der Waals surface area (Å²) in [5.74, 6) is 0. The molecule has 0 radical (unpaired) electrons. The van der Waals surface area contributed by atoms with Crippen molar-refractivity contribution in [1.29, 1.82) is 0 Å². The Hall–Kier alpha value is -0.880. The van der Waals surface area contributed by atoms with Crippen molar-refractivity contribution in [3.63, 3.8) is 0 Å². The monoisotopic (exact) mass is 258 g/mol. The molecule has 68 valence electrons. The van der Waals surface area contributed by atoms with Crippen LogP contribution in [0.5, 0.6) is 0 Å². The predicted molar refractivity (Wildman–Crippen MR) is 55.7 cm³/mol. The Morgan fingerprint density at radius 1 is 1.62 bits per heavy atom. The van der Waals surface area contributed by atoms with Crippen molar-refractivity contribution < 1.29 is 0 Å². The van der Waals surface area contributed by atoms with Gasteiger partial charge >= 0.3 is 0 Å². The van der Waals surface area contributed by atoms with Crippen LogP contribution < -0.4 is 5.32 Å². The number of aromatic amines is 1. The van der Waals surface area contributed by atoms with E-state index >= 15 is 0 Å². The number of thiazole rings is 1. The number of aromatic nitrogens is 3. The normalized spacial score (nSPS) is 10.2. The number of anilines is 1. The van der Waals surface area contributed by atoms with Gasteiger partial charge in [0.25, 0.3) is 0 Å². The van der Waals surface area contributed by atoms with Crippen LogP contribution in [0.2, 0.25) is 0 Å². The summed E-state index contributed by atoms with van der Waals surface area (Å²) in [6, 6.07) is 0. The Kier molecular flexibility index (Phi) is 2.60. The quantitative estimate of drug-likeness (QED) is 0.888. The van der Waals surface area contributed by atoms with Gasteiger partial charge in [-0.25, -0.2) is 9.97 Å². The van der Waals surface area contributed by atoms with Crippen LogP contribution >= 0.6 is 27.3 Å². The molecular formula is C7H7BrN4S. The number of hydrogen-bond donors (Lipinski definition) is 2. The fourth-order valence-electron chi connectivity index (χ4n) is 0.888. The minimum Gasteiger partial charge on any atom is -0.356 e. The molecule has 0 fully saturated rings. The molecule has 2 aromatic heterocycles. The topological polar surface area (TPSA) is 53.6 Å². The lowest BCUT2D eigenvalue weighted by Gasteiger charge is -1.97. The van der Waals surface area contributed by atoms with Crippen LogP contribution in [-0.4, -0.2) is 15.0 Å². The van der Waals surface area contributed by atoms with E-state index in [1.54, 1.807) is 23.9 Å². The number of nitrogens with zero attached hydrogens (tertiary/aromatic N) is 2. The SMILES string of the molecule is Brc1csc(NCc2cnc[nH]2)n1. The second kappa shape index (κ2) is 3.89. The first-order valence-electron chi connectivity index (χ1n) is 3.67. The lowest BCUT2D eigenvalue weighted by molar-refractivity contribution is 1.06. The van der Waals surface area contributed by atoms with E-state index in [2.05, 4.69) is 36.2 Å². The summed E-state index contributed by atoms with van der Waals surface area (Å²) in [5.41, 5.74) is 1.05. The van der Waals surface area contributed by atoms with E-state index in [4.69, 9.17) is 0 Å². The summed E-state index contributed by atoms with van der Waals surface area (Å²) in [4.78, 5) is 11.1. The van der Waals surface area contributed by atoms with Gasteiger partial charge in [-0.05, 0) is 15.9 Å². The Balaban J connectivity index is 1.93. The number of nitrogens with one attached hydrogen (secondary N) is 2. The van der Waals surface area contributed by atoms with E-state index in [0.29, 0.717) is 0 Å². The summed E-state index contributed by atoms with van der Waals surface area (Å²) in [7, 11) is 0. The van der Waals surface area contributed by atoms with Crippen molar-refractivity contribution in [3.05, 3.63) is 28.2 Å². The number of hydrogen-bond acceptors (Lipinski definition) is 4. The average Bonchev–Trinajstić information content (AvgIpc) is 2.71. The van der Waals surface area contributed by atoms with Crippen LogP contribution in [0.15, 0.2) is 22.5 Å². The maximum Gasteiger partial charge on any atom is 0.184 e. The second-order valence-electron chi connectivity index (χ2n) is 2.41. The molecule has 13 heavy (non-hydrogen) atoms. The molecule has 2 heterocycles. The van der Waals surface area contributed by atoms with Crippen molar-refractivity contribution in [2.45, 2.75) is 6.54 Å². The van der Waals surface area contributed by atoms with Crippen LogP contribution in [0, 0.1) is 0 Å². The van der Waals surface area contributed by atoms with Crippen LogP contribution in [0.4, 0.5) is 5.13 Å². The van der Waals surface area contributed by atoms with E-state index in [1.165, 1.54) is 0 Å². The fourth-order valence-corrected chi connectivity index (χ4v) is 2.03. The molecule has 0 aliphatic rings. The van der Waals surface area contributed by atoms with E-state index in [1.807, 2.05) is 5.38 Å². The van der Waals surface area contributed by atoms with Crippen molar-refractivity contribution in [1.82, 2.24) is 15.0 Å². The molecule has 0 aromatic carbocycles. The van der Waals surface area contributed by atoms with Gasteiger partial charge < -0.3 is 10.3 Å². The highest BCUT2D eigenvalue weighted by Crippen LogP contribution is 2.19. The lowest BCUT2D eigenvalue weighted by Crippen LogP contribution is -1.98. The summed E-state index contributed by atoms with van der Waals surface area (Å²) >= 11 is 4.86. The van der Waals surface area contributed by atoms with Gasteiger partial charge in [0.05, 0.1) is 18.6 Å². The third-order valence-corrected chi connectivity index (χ3v) is 2.97.